The Hall–Kier alpha value is -0.110. The Balaban J connectivity index is 2.10. The third-order valence-electron chi connectivity index (χ3n) is 1.19. The number of hydrogen-bond donors (Lipinski definition) is 1. The molecule has 0 bridgehead atoms. The first-order chi connectivity index (χ1) is 3.34. The van der Waals surface area contributed by atoms with E-state index >= 15 is 0 Å². The number of hydrogen-bond acceptors (Lipinski definition) is 1. The number of alkyl halides is 1. The summed E-state index contributed by atoms with van der Waals surface area (Å²) in [4.78, 5) is 0. The Morgan fingerprint density at radius 1 is 1.71 bits per heavy atom. The van der Waals surface area contributed by atoms with Gasteiger partial charge in [-0.15, -0.1) is 0 Å². The van der Waals surface area contributed by atoms with Crippen LogP contribution in [-0.2, 0) is 0 Å². The molecule has 0 saturated heterocycles. The molecular formula is C5H9FN. The summed E-state index contributed by atoms with van der Waals surface area (Å²) in [5.74, 6) is 1.00. The summed E-state index contributed by atoms with van der Waals surface area (Å²) in [6.45, 7) is 0.176. The third-order valence-corrected chi connectivity index (χ3v) is 1.19. The maximum Gasteiger partial charge on any atom is 0.118 e. The zero-order valence-electron chi connectivity index (χ0n) is 4.15. The van der Waals surface area contributed by atoms with Crippen molar-refractivity contribution < 1.29 is 4.39 Å². The molecule has 0 unspecified atom stereocenters. The molecule has 1 atom stereocenters. The van der Waals surface area contributed by atoms with E-state index in [1.54, 1.807) is 0 Å². The fraction of sp³-hybridized carbons (Fsp3) is 0.800. The van der Waals surface area contributed by atoms with Crippen LogP contribution in [0.25, 0.3) is 0 Å². The van der Waals surface area contributed by atoms with Crippen LogP contribution < -0.4 is 5.73 Å². The monoisotopic (exact) mass is 102 g/mol. The second-order valence-corrected chi connectivity index (χ2v) is 1.86. The fourth-order valence-electron chi connectivity index (χ4n) is 0.552. The quantitative estimate of drug-likeness (QED) is 0.544. The van der Waals surface area contributed by atoms with Gasteiger partial charge in [0.05, 0.1) is 0 Å². The van der Waals surface area contributed by atoms with Crippen LogP contribution in [0.2, 0.25) is 0 Å². The Kier molecular flexibility index (Phi) is 1.28. The van der Waals surface area contributed by atoms with Crippen molar-refractivity contribution >= 4 is 0 Å². The van der Waals surface area contributed by atoms with E-state index in [0.29, 0.717) is 0 Å². The molecule has 0 spiro atoms. The van der Waals surface area contributed by atoms with E-state index in [0.717, 1.165) is 18.8 Å². The molecule has 1 radical (unpaired) electrons. The lowest BCUT2D eigenvalue weighted by Gasteiger charge is -1.96. The van der Waals surface area contributed by atoms with Gasteiger partial charge in [0, 0.05) is 12.5 Å². The van der Waals surface area contributed by atoms with Crippen LogP contribution in [0, 0.1) is 5.92 Å². The van der Waals surface area contributed by atoms with Crippen molar-refractivity contribution in [1.29, 1.82) is 0 Å². The Labute approximate surface area is 42.7 Å². The van der Waals surface area contributed by atoms with Crippen molar-refractivity contribution in [2.45, 2.75) is 19.0 Å². The molecule has 0 aromatic carbocycles. The van der Waals surface area contributed by atoms with Gasteiger partial charge in [0.25, 0.3) is 0 Å². The van der Waals surface area contributed by atoms with Crippen molar-refractivity contribution in [3.63, 3.8) is 0 Å². The molecule has 7 heavy (non-hydrogen) atoms. The lowest BCUT2D eigenvalue weighted by Crippen LogP contribution is -2.15. The minimum absolute atomic E-state index is 0.176. The van der Waals surface area contributed by atoms with Gasteiger partial charge in [-0.1, -0.05) is 0 Å². The molecule has 1 nitrogen and oxygen atoms in total. The molecule has 41 valence electrons. The highest BCUT2D eigenvalue weighted by atomic mass is 19.1. The summed E-state index contributed by atoms with van der Waals surface area (Å²) in [5, 5.41) is 0. The summed E-state index contributed by atoms with van der Waals surface area (Å²) >= 11 is 0. The van der Waals surface area contributed by atoms with Gasteiger partial charge in [-0.05, 0) is 12.8 Å². The molecule has 0 amide bonds. The second kappa shape index (κ2) is 1.78. The van der Waals surface area contributed by atoms with Crippen LogP contribution in [0.4, 0.5) is 4.39 Å². The van der Waals surface area contributed by atoms with Gasteiger partial charge in [0.15, 0.2) is 0 Å². The van der Waals surface area contributed by atoms with Crippen molar-refractivity contribution in [3.8, 4) is 0 Å². The van der Waals surface area contributed by atoms with Crippen LogP contribution in [0.5, 0.6) is 0 Å². The summed E-state index contributed by atoms with van der Waals surface area (Å²) in [6, 6.07) is 0. The Morgan fingerprint density at radius 3 is 2.43 bits per heavy atom. The average Bonchev–Trinajstić information content (AvgIpc) is 2.44. The van der Waals surface area contributed by atoms with E-state index in [1.807, 2.05) is 0 Å². The van der Waals surface area contributed by atoms with Crippen molar-refractivity contribution in [2.24, 2.45) is 5.73 Å². The molecule has 0 aliphatic heterocycles. The second-order valence-electron chi connectivity index (χ2n) is 1.86. The molecule has 1 aliphatic rings. The zero-order chi connectivity index (χ0) is 5.28. The molecule has 1 fully saturated rings. The van der Waals surface area contributed by atoms with Crippen LogP contribution in [0.15, 0.2) is 0 Å². The molecule has 0 aromatic rings. The highest BCUT2D eigenvalue weighted by Crippen LogP contribution is 2.36. The first-order valence-corrected chi connectivity index (χ1v) is 2.53. The smallest absolute Gasteiger partial charge is 0.118 e. The van der Waals surface area contributed by atoms with Gasteiger partial charge in [-0.2, -0.15) is 0 Å². The standard InChI is InChI=1S/C5H9FN/c6-5(3-7)4-1-2-4/h5H,1-3,7H2/t5-/m0/s1. The number of halogens is 1. The molecule has 1 aliphatic carbocycles. The molecule has 1 rings (SSSR count). The minimum Gasteiger partial charge on any atom is -0.328 e. The SMILES string of the molecule is NC[C@H](F)[C]1CC1. The van der Waals surface area contributed by atoms with Crippen molar-refractivity contribution in [1.82, 2.24) is 0 Å². The maximum atomic E-state index is 12.2. The topological polar surface area (TPSA) is 26.0 Å². The maximum absolute atomic E-state index is 12.2. The lowest BCUT2D eigenvalue weighted by atomic mass is 10.3. The van der Waals surface area contributed by atoms with Gasteiger partial charge < -0.3 is 5.73 Å². The first kappa shape index (κ1) is 5.04. The fourth-order valence-corrected chi connectivity index (χ4v) is 0.552. The molecule has 2 N–H and O–H groups in total. The van der Waals surface area contributed by atoms with Crippen LogP contribution in [0.3, 0.4) is 0 Å². The van der Waals surface area contributed by atoms with Gasteiger partial charge in [0.2, 0.25) is 0 Å². The van der Waals surface area contributed by atoms with E-state index in [4.69, 9.17) is 5.73 Å². The number of rotatable bonds is 2. The predicted octanol–water partition coefficient (Wildman–Crippen LogP) is 0.651. The largest absolute Gasteiger partial charge is 0.328 e. The van der Waals surface area contributed by atoms with Gasteiger partial charge in [0.1, 0.15) is 6.17 Å². The molecule has 1 saturated carbocycles. The highest BCUT2D eigenvalue weighted by Gasteiger charge is 2.30. The Morgan fingerprint density at radius 2 is 2.29 bits per heavy atom. The summed E-state index contributed by atoms with van der Waals surface area (Å²) < 4.78 is 12.2. The first-order valence-electron chi connectivity index (χ1n) is 2.53. The third kappa shape index (κ3) is 1.13. The van der Waals surface area contributed by atoms with Crippen LogP contribution in [0.1, 0.15) is 12.8 Å². The average molecular weight is 102 g/mol. The zero-order valence-corrected chi connectivity index (χ0v) is 4.15. The molecule has 0 aromatic heterocycles. The minimum atomic E-state index is -0.792. The Bertz CT molecular complexity index is 61.1. The van der Waals surface area contributed by atoms with E-state index in [2.05, 4.69) is 0 Å². The van der Waals surface area contributed by atoms with Crippen molar-refractivity contribution in [3.05, 3.63) is 5.92 Å². The predicted molar refractivity (Wildman–Crippen MR) is 26.4 cm³/mol. The highest BCUT2D eigenvalue weighted by molar-refractivity contribution is 5.11. The van der Waals surface area contributed by atoms with Crippen molar-refractivity contribution in [2.75, 3.05) is 6.54 Å². The van der Waals surface area contributed by atoms with E-state index in [1.165, 1.54) is 0 Å². The van der Waals surface area contributed by atoms with Crippen LogP contribution in [-0.4, -0.2) is 12.7 Å². The molecule has 0 heterocycles. The van der Waals surface area contributed by atoms with E-state index < -0.39 is 6.17 Å². The van der Waals surface area contributed by atoms with Gasteiger partial charge in [-0.25, -0.2) is 4.39 Å². The van der Waals surface area contributed by atoms with Gasteiger partial charge in [-0.3, -0.25) is 0 Å². The van der Waals surface area contributed by atoms with E-state index in [9.17, 15) is 4.39 Å². The summed E-state index contributed by atoms with van der Waals surface area (Å²) in [5.41, 5.74) is 5.02. The normalized spacial score (nSPS) is 24.9. The number of nitrogens with two attached hydrogens (primary N) is 1. The van der Waals surface area contributed by atoms with Crippen LogP contribution >= 0.6 is 0 Å². The lowest BCUT2D eigenvalue weighted by molar-refractivity contribution is 0.376. The molecular weight excluding hydrogens is 93.1 g/mol. The summed E-state index contributed by atoms with van der Waals surface area (Å²) in [6.07, 6.45) is 1.15. The summed E-state index contributed by atoms with van der Waals surface area (Å²) in [7, 11) is 0. The van der Waals surface area contributed by atoms with Gasteiger partial charge >= 0.3 is 0 Å². The molecule has 2 heteroatoms. The van der Waals surface area contributed by atoms with E-state index in [-0.39, 0.29) is 6.54 Å².